The highest BCUT2D eigenvalue weighted by atomic mass is 79.9. The van der Waals surface area contributed by atoms with Crippen LogP contribution >= 0.6 is 15.9 Å². The Bertz CT molecular complexity index is 915. The number of aromatic amines is 1. The van der Waals surface area contributed by atoms with Gasteiger partial charge in [-0.2, -0.15) is 5.10 Å². The zero-order valence-corrected chi connectivity index (χ0v) is 13.9. The van der Waals surface area contributed by atoms with E-state index in [0.717, 1.165) is 20.9 Å². The molecule has 0 aliphatic carbocycles. The van der Waals surface area contributed by atoms with Crippen LogP contribution in [-0.2, 0) is 0 Å². The molecule has 0 atom stereocenters. The van der Waals surface area contributed by atoms with Gasteiger partial charge in [0.05, 0.1) is 6.21 Å². The number of aromatic nitrogens is 1. The molecule has 116 valence electrons. The van der Waals surface area contributed by atoms with E-state index in [9.17, 15) is 9.90 Å². The van der Waals surface area contributed by atoms with Crippen LogP contribution in [0, 0.1) is 6.92 Å². The maximum atomic E-state index is 12.3. The number of amides is 1. The fraction of sp³-hybridized carbons (Fsp3) is 0.0588. The Morgan fingerprint density at radius 2 is 2.09 bits per heavy atom. The Kier molecular flexibility index (Phi) is 4.16. The minimum atomic E-state index is -0.332. The van der Waals surface area contributed by atoms with Crippen LogP contribution in [0.5, 0.6) is 5.75 Å². The lowest BCUT2D eigenvalue weighted by Gasteiger charge is -2.00. The van der Waals surface area contributed by atoms with Crippen LogP contribution in [0.4, 0.5) is 0 Å². The van der Waals surface area contributed by atoms with Crippen LogP contribution in [0.25, 0.3) is 10.9 Å². The van der Waals surface area contributed by atoms with Crippen LogP contribution in [0.3, 0.4) is 0 Å². The molecular weight excluding hydrogens is 358 g/mol. The molecule has 1 amide bonds. The molecule has 0 spiro atoms. The third-order valence-electron chi connectivity index (χ3n) is 3.55. The number of fused-ring (bicyclic) bond motifs is 1. The third-order valence-corrected chi connectivity index (χ3v) is 4.05. The van der Waals surface area contributed by atoms with Gasteiger partial charge in [-0.15, -0.1) is 0 Å². The lowest BCUT2D eigenvalue weighted by Crippen LogP contribution is -2.18. The van der Waals surface area contributed by atoms with E-state index < -0.39 is 0 Å². The van der Waals surface area contributed by atoms with Crippen molar-refractivity contribution in [2.24, 2.45) is 5.10 Å². The van der Waals surface area contributed by atoms with Crippen molar-refractivity contribution in [3.8, 4) is 5.75 Å². The van der Waals surface area contributed by atoms with E-state index in [1.54, 1.807) is 24.3 Å². The quantitative estimate of drug-likeness (QED) is 0.484. The number of phenols is 1. The number of nitrogens with zero attached hydrogens (tertiary/aromatic N) is 1. The van der Waals surface area contributed by atoms with Crippen LogP contribution in [0.15, 0.2) is 52.0 Å². The number of carbonyl (C=O) groups excluding carboxylic acids is 1. The Hall–Kier alpha value is -2.60. The van der Waals surface area contributed by atoms with Gasteiger partial charge in [-0.3, -0.25) is 4.79 Å². The summed E-state index contributed by atoms with van der Waals surface area (Å²) in [6.07, 6.45) is 1.40. The predicted molar refractivity (Wildman–Crippen MR) is 93.9 cm³/mol. The van der Waals surface area contributed by atoms with E-state index in [-0.39, 0.29) is 11.7 Å². The fourth-order valence-corrected chi connectivity index (χ4v) is 2.70. The molecule has 0 bridgehead atoms. The standard InChI is InChI=1S/C17H14BrN3O2/c1-10-13-8-12(18)6-7-14(13)20-16(10)17(23)21-19-9-11-4-2-3-5-15(11)22/h2-9,20,22H,1H3,(H,21,23)/b19-9+. The van der Waals surface area contributed by atoms with Crippen molar-refractivity contribution in [3.05, 3.63) is 63.8 Å². The van der Waals surface area contributed by atoms with Crippen LogP contribution < -0.4 is 5.43 Å². The normalized spacial score (nSPS) is 11.2. The lowest BCUT2D eigenvalue weighted by molar-refractivity contribution is 0.0950. The maximum absolute atomic E-state index is 12.3. The van der Waals surface area contributed by atoms with E-state index in [1.807, 2.05) is 25.1 Å². The minimum absolute atomic E-state index is 0.108. The summed E-state index contributed by atoms with van der Waals surface area (Å²) in [7, 11) is 0. The number of hydrogen-bond donors (Lipinski definition) is 3. The van der Waals surface area contributed by atoms with Gasteiger partial charge in [-0.1, -0.05) is 28.1 Å². The number of nitrogens with one attached hydrogen (secondary N) is 2. The number of carbonyl (C=O) groups is 1. The van der Waals surface area contributed by atoms with Gasteiger partial charge in [-0.05, 0) is 42.8 Å². The molecule has 1 heterocycles. The van der Waals surface area contributed by atoms with Crippen molar-refractivity contribution in [1.29, 1.82) is 0 Å². The number of halogens is 1. The van der Waals surface area contributed by atoms with Crippen molar-refractivity contribution in [2.45, 2.75) is 6.92 Å². The molecule has 1 aromatic heterocycles. The monoisotopic (exact) mass is 371 g/mol. The van der Waals surface area contributed by atoms with Crippen molar-refractivity contribution in [3.63, 3.8) is 0 Å². The SMILES string of the molecule is Cc1c(C(=O)N/N=C/c2ccccc2O)[nH]c2ccc(Br)cc12. The maximum Gasteiger partial charge on any atom is 0.288 e. The van der Waals surface area contributed by atoms with Crippen molar-refractivity contribution < 1.29 is 9.90 Å². The summed E-state index contributed by atoms with van der Waals surface area (Å²) < 4.78 is 0.955. The third kappa shape index (κ3) is 3.12. The molecular formula is C17H14BrN3O2. The van der Waals surface area contributed by atoms with E-state index in [1.165, 1.54) is 6.21 Å². The molecule has 0 saturated carbocycles. The highest BCUT2D eigenvalue weighted by molar-refractivity contribution is 9.10. The molecule has 0 saturated heterocycles. The molecule has 0 unspecified atom stereocenters. The molecule has 3 N–H and O–H groups in total. The average Bonchev–Trinajstić information content (AvgIpc) is 2.86. The number of aryl methyl sites for hydroxylation is 1. The number of benzene rings is 2. The summed E-state index contributed by atoms with van der Waals surface area (Å²) >= 11 is 3.43. The Morgan fingerprint density at radius 1 is 1.30 bits per heavy atom. The molecule has 23 heavy (non-hydrogen) atoms. The number of rotatable bonds is 3. The molecule has 0 aliphatic rings. The first-order valence-corrected chi connectivity index (χ1v) is 7.75. The number of aromatic hydroxyl groups is 1. The number of hydrogen-bond acceptors (Lipinski definition) is 3. The van der Waals surface area contributed by atoms with Crippen molar-refractivity contribution in [1.82, 2.24) is 10.4 Å². The zero-order valence-electron chi connectivity index (χ0n) is 12.3. The van der Waals surface area contributed by atoms with Gasteiger partial charge in [-0.25, -0.2) is 5.43 Å². The van der Waals surface area contributed by atoms with E-state index in [2.05, 4.69) is 31.4 Å². The molecule has 3 rings (SSSR count). The highest BCUT2D eigenvalue weighted by Gasteiger charge is 2.14. The molecule has 3 aromatic rings. The number of para-hydroxylation sites is 1. The topological polar surface area (TPSA) is 77.5 Å². The average molecular weight is 372 g/mol. The minimum Gasteiger partial charge on any atom is -0.507 e. The summed E-state index contributed by atoms with van der Waals surface area (Å²) in [5.41, 5.74) is 5.21. The Labute approximate surface area is 141 Å². The molecule has 0 radical (unpaired) electrons. The van der Waals surface area contributed by atoms with E-state index in [4.69, 9.17) is 0 Å². The van der Waals surface area contributed by atoms with Crippen molar-refractivity contribution in [2.75, 3.05) is 0 Å². The van der Waals surface area contributed by atoms with Gasteiger partial charge in [0, 0.05) is 20.9 Å². The first-order valence-electron chi connectivity index (χ1n) is 6.95. The Balaban J connectivity index is 1.81. The van der Waals surface area contributed by atoms with Crippen LogP contribution in [0.1, 0.15) is 21.6 Å². The fourth-order valence-electron chi connectivity index (χ4n) is 2.34. The molecule has 0 aliphatic heterocycles. The number of hydrazone groups is 1. The van der Waals surface area contributed by atoms with Gasteiger partial charge in [0.15, 0.2) is 0 Å². The summed E-state index contributed by atoms with van der Waals surface area (Å²) in [6.45, 7) is 1.88. The zero-order chi connectivity index (χ0) is 16.4. The molecule has 2 aromatic carbocycles. The lowest BCUT2D eigenvalue weighted by atomic mass is 10.1. The predicted octanol–water partition coefficient (Wildman–Crippen LogP) is 3.71. The number of H-pyrrole nitrogens is 1. The van der Waals surface area contributed by atoms with Gasteiger partial charge in [0.2, 0.25) is 0 Å². The van der Waals surface area contributed by atoms with Gasteiger partial charge >= 0.3 is 0 Å². The van der Waals surface area contributed by atoms with Gasteiger partial charge < -0.3 is 10.1 Å². The second-order valence-corrected chi connectivity index (χ2v) is 5.99. The highest BCUT2D eigenvalue weighted by Crippen LogP contribution is 2.25. The van der Waals surface area contributed by atoms with E-state index in [0.29, 0.717) is 11.3 Å². The van der Waals surface area contributed by atoms with Crippen molar-refractivity contribution >= 4 is 39.0 Å². The van der Waals surface area contributed by atoms with Crippen LogP contribution in [-0.4, -0.2) is 22.2 Å². The van der Waals surface area contributed by atoms with Gasteiger partial charge in [0.1, 0.15) is 11.4 Å². The van der Waals surface area contributed by atoms with Crippen LogP contribution in [0.2, 0.25) is 0 Å². The smallest absolute Gasteiger partial charge is 0.288 e. The molecule has 5 nitrogen and oxygen atoms in total. The first-order chi connectivity index (χ1) is 11.1. The van der Waals surface area contributed by atoms with E-state index >= 15 is 0 Å². The second-order valence-electron chi connectivity index (χ2n) is 5.07. The Morgan fingerprint density at radius 3 is 2.87 bits per heavy atom. The first kappa shape index (κ1) is 15.3. The number of phenolic OH excluding ortho intramolecular Hbond substituents is 1. The summed E-state index contributed by atoms with van der Waals surface area (Å²) in [4.78, 5) is 15.4. The molecule has 6 heteroatoms. The largest absolute Gasteiger partial charge is 0.507 e. The summed E-state index contributed by atoms with van der Waals surface area (Å²) in [5, 5.41) is 14.5. The summed E-state index contributed by atoms with van der Waals surface area (Å²) in [6, 6.07) is 12.5. The second kappa shape index (κ2) is 6.26. The van der Waals surface area contributed by atoms with Gasteiger partial charge in [0.25, 0.3) is 5.91 Å². The summed E-state index contributed by atoms with van der Waals surface area (Å²) in [5.74, 6) is -0.223. The molecule has 0 fully saturated rings.